The van der Waals surface area contributed by atoms with Gasteiger partial charge in [-0.15, -0.1) is 0 Å². The fraction of sp³-hybridized carbons (Fsp3) is 0.619. The van der Waals surface area contributed by atoms with Gasteiger partial charge in [-0.1, -0.05) is 38.1 Å². The van der Waals surface area contributed by atoms with Gasteiger partial charge in [-0.05, 0) is 55.1 Å². The van der Waals surface area contributed by atoms with Gasteiger partial charge in [0.2, 0.25) is 5.91 Å². The van der Waals surface area contributed by atoms with Crippen LogP contribution in [0.1, 0.15) is 75.3 Å². The highest BCUT2D eigenvalue weighted by atomic mass is 16.4. The lowest BCUT2D eigenvalue weighted by Crippen LogP contribution is -2.44. The number of likely N-dealkylation sites (tertiary alicyclic amines) is 1. The third kappa shape index (κ3) is 4.23. The Labute approximate surface area is 150 Å². The summed E-state index contributed by atoms with van der Waals surface area (Å²) >= 11 is 0. The fourth-order valence-corrected chi connectivity index (χ4v) is 4.06. The van der Waals surface area contributed by atoms with Crippen molar-refractivity contribution in [3.8, 4) is 0 Å². The molecule has 1 N–H and O–H groups in total. The van der Waals surface area contributed by atoms with Crippen LogP contribution in [-0.2, 0) is 9.59 Å². The van der Waals surface area contributed by atoms with Crippen LogP contribution in [0.3, 0.4) is 0 Å². The average Bonchev–Trinajstić information content (AvgIpc) is 3.40. The largest absolute Gasteiger partial charge is 0.481 e. The summed E-state index contributed by atoms with van der Waals surface area (Å²) in [6, 6.07) is 8.81. The van der Waals surface area contributed by atoms with E-state index in [4.69, 9.17) is 5.11 Å². The van der Waals surface area contributed by atoms with Gasteiger partial charge < -0.3 is 10.0 Å². The summed E-state index contributed by atoms with van der Waals surface area (Å²) in [6.45, 7) is 5.16. The second-order valence-corrected chi connectivity index (χ2v) is 7.88. The third-order valence-corrected chi connectivity index (χ3v) is 5.74. The smallest absolute Gasteiger partial charge is 0.303 e. The van der Waals surface area contributed by atoms with Crippen molar-refractivity contribution in [1.82, 2.24) is 4.90 Å². The maximum Gasteiger partial charge on any atom is 0.303 e. The number of aliphatic carboxylic acids is 1. The molecule has 3 unspecified atom stereocenters. The van der Waals surface area contributed by atoms with Crippen molar-refractivity contribution in [2.45, 2.75) is 70.3 Å². The normalized spacial score (nSPS) is 25.9. The number of carbonyl (C=O) groups excluding carboxylic acids is 1. The Morgan fingerprint density at radius 1 is 1.20 bits per heavy atom. The number of hydrogen-bond donors (Lipinski definition) is 1. The highest BCUT2D eigenvalue weighted by Gasteiger charge is 2.47. The Hall–Kier alpha value is -1.84. The van der Waals surface area contributed by atoms with Gasteiger partial charge in [0, 0.05) is 24.9 Å². The molecule has 3 atom stereocenters. The molecular formula is C21H29NO3. The van der Waals surface area contributed by atoms with Crippen LogP contribution in [0.25, 0.3) is 0 Å². The lowest BCUT2D eigenvalue weighted by molar-refractivity contribution is -0.140. The lowest BCUT2D eigenvalue weighted by atomic mass is 9.96. The summed E-state index contributed by atoms with van der Waals surface area (Å²) in [6.07, 6.45) is 4.75. The standard InChI is InChI=1S/C21H29NO3/c1-14(2)15-6-8-16(9-7-15)18-13-19(18)21(25)22-12-4-3-5-17(22)10-11-20(23)24/h6-9,14,17-19H,3-5,10-13H2,1-2H3,(H,23,24). The van der Waals surface area contributed by atoms with Crippen LogP contribution in [0.2, 0.25) is 0 Å². The molecule has 0 spiro atoms. The van der Waals surface area contributed by atoms with Gasteiger partial charge in [0.15, 0.2) is 0 Å². The van der Waals surface area contributed by atoms with E-state index in [-0.39, 0.29) is 24.3 Å². The van der Waals surface area contributed by atoms with Crippen LogP contribution < -0.4 is 0 Å². The molecule has 1 amide bonds. The zero-order valence-electron chi connectivity index (χ0n) is 15.3. The predicted molar refractivity (Wildman–Crippen MR) is 97.6 cm³/mol. The van der Waals surface area contributed by atoms with E-state index in [9.17, 15) is 9.59 Å². The average molecular weight is 343 g/mol. The van der Waals surface area contributed by atoms with Crippen molar-refractivity contribution in [2.24, 2.45) is 5.92 Å². The molecule has 0 radical (unpaired) electrons. The van der Waals surface area contributed by atoms with E-state index in [0.29, 0.717) is 18.3 Å². The van der Waals surface area contributed by atoms with Crippen LogP contribution in [0.15, 0.2) is 24.3 Å². The van der Waals surface area contributed by atoms with Crippen molar-refractivity contribution in [3.63, 3.8) is 0 Å². The first-order valence-electron chi connectivity index (χ1n) is 9.59. The van der Waals surface area contributed by atoms with Crippen LogP contribution in [0.5, 0.6) is 0 Å². The van der Waals surface area contributed by atoms with E-state index in [1.165, 1.54) is 11.1 Å². The SMILES string of the molecule is CC(C)c1ccc(C2CC2C(=O)N2CCCCC2CCC(=O)O)cc1. The Bertz CT molecular complexity index is 623. The Morgan fingerprint density at radius 2 is 1.92 bits per heavy atom. The number of rotatable bonds is 6. The molecule has 1 saturated carbocycles. The molecular weight excluding hydrogens is 314 g/mol. The summed E-state index contributed by atoms with van der Waals surface area (Å²) in [4.78, 5) is 25.8. The maximum absolute atomic E-state index is 13.0. The molecule has 136 valence electrons. The van der Waals surface area contributed by atoms with Crippen LogP contribution in [-0.4, -0.2) is 34.5 Å². The van der Waals surface area contributed by atoms with E-state index < -0.39 is 5.97 Å². The summed E-state index contributed by atoms with van der Waals surface area (Å²) in [5.41, 5.74) is 2.60. The van der Waals surface area contributed by atoms with Crippen molar-refractivity contribution in [2.75, 3.05) is 6.54 Å². The number of carbonyl (C=O) groups is 2. The Balaban J connectivity index is 1.62. The van der Waals surface area contributed by atoms with E-state index >= 15 is 0 Å². The summed E-state index contributed by atoms with van der Waals surface area (Å²) < 4.78 is 0. The number of hydrogen-bond acceptors (Lipinski definition) is 2. The van der Waals surface area contributed by atoms with Gasteiger partial charge >= 0.3 is 5.97 Å². The van der Waals surface area contributed by atoms with E-state index in [0.717, 1.165) is 32.2 Å². The first-order valence-corrected chi connectivity index (χ1v) is 9.59. The molecule has 1 heterocycles. The minimum atomic E-state index is -0.771. The van der Waals surface area contributed by atoms with Gasteiger partial charge in [0.05, 0.1) is 0 Å². The number of carboxylic acid groups (broad SMARTS) is 1. The van der Waals surface area contributed by atoms with Crippen molar-refractivity contribution >= 4 is 11.9 Å². The quantitative estimate of drug-likeness (QED) is 0.844. The second-order valence-electron chi connectivity index (χ2n) is 7.88. The molecule has 1 aliphatic carbocycles. The Kier molecular flexibility index (Phi) is 5.45. The van der Waals surface area contributed by atoms with Crippen LogP contribution in [0, 0.1) is 5.92 Å². The monoisotopic (exact) mass is 343 g/mol. The predicted octanol–water partition coefficient (Wildman–Crippen LogP) is 4.16. The highest BCUT2D eigenvalue weighted by Crippen LogP contribution is 2.49. The van der Waals surface area contributed by atoms with Crippen molar-refractivity contribution in [3.05, 3.63) is 35.4 Å². The molecule has 3 rings (SSSR count). The molecule has 0 bridgehead atoms. The molecule has 1 saturated heterocycles. The number of piperidine rings is 1. The molecule has 2 fully saturated rings. The van der Waals surface area contributed by atoms with Gasteiger partial charge in [-0.3, -0.25) is 9.59 Å². The minimum Gasteiger partial charge on any atom is -0.481 e. The van der Waals surface area contributed by atoms with Gasteiger partial charge in [-0.25, -0.2) is 0 Å². The zero-order valence-corrected chi connectivity index (χ0v) is 15.3. The third-order valence-electron chi connectivity index (χ3n) is 5.74. The minimum absolute atomic E-state index is 0.0929. The molecule has 1 aromatic rings. The molecule has 2 aliphatic rings. The highest BCUT2D eigenvalue weighted by molar-refractivity contribution is 5.83. The molecule has 1 aliphatic heterocycles. The van der Waals surface area contributed by atoms with Gasteiger partial charge in [-0.2, -0.15) is 0 Å². The van der Waals surface area contributed by atoms with Crippen molar-refractivity contribution in [1.29, 1.82) is 0 Å². The molecule has 25 heavy (non-hydrogen) atoms. The van der Waals surface area contributed by atoms with Crippen LogP contribution in [0.4, 0.5) is 0 Å². The molecule has 1 aromatic carbocycles. The van der Waals surface area contributed by atoms with E-state index in [1.807, 2.05) is 4.90 Å². The van der Waals surface area contributed by atoms with Gasteiger partial charge in [0.1, 0.15) is 0 Å². The summed E-state index contributed by atoms with van der Waals surface area (Å²) in [5.74, 6) is 0.431. The summed E-state index contributed by atoms with van der Waals surface area (Å²) in [5, 5.41) is 8.94. The molecule has 4 nitrogen and oxygen atoms in total. The molecule has 0 aromatic heterocycles. The topological polar surface area (TPSA) is 57.6 Å². The number of nitrogens with zero attached hydrogens (tertiary/aromatic N) is 1. The van der Waals surface area contributed by atoms with E-state index in [1.54, 1.807) is 0 Å². The first kappa shape index (κ1) is 18.0. The molecule has 4 heteroatoms. The fourth-order valence-electron chi connectivity index (χ4n) is 4.06. The zero-order chi connectivity index (χ0) is 18.0. The Morgan fingerprint density at radius 3 is 2.56 bits per heavy atom. The second kappa shape index (κ2) is 7.59. The number of carboxylic acids is 1. The maximum atomic E-state index is 13.0. The van der Waals surface area contributed by atoms with Crippen LogP contribution >= 0.6 is 0 Å². The first-order chi connectivity index (χ1) is 12.0. The summed E-state index contributed by atoms with van der Waals surface area (Å²) in [7, 11) is 0. The number of amides is 1. The lowest BCUT2D eigenvalue weighted by Gasteiger charge is -2.36. The van der Waals surface area contributed by atoms with Gasteiger partial charge in [0.25, 0.3) is 0 Å². The van der Waals surface area contributed by atoms with E-state index in [2.05, 4.69) is 38.1 Å². The van der Waals surface area contributed by atoms with Crippen molar-refractivity contribution < 1.29 is 14.7 Å². The number of benzene rings is 1.